The summed E-state index contributed by atoms with van der Waals surface area (Å²) in [4.78, 5) is 3.82. The van der Waals surface area contributed by atoms with Gasteiger partial charge in [0.2, 0.25) is 0 Å². The quantitative estimate of drug-likeness (QED) is 0.875. The van der Waals surface area contributed by atoms with Crippen molar-refractivity contribution in [2.45, 2.75) is 38.8 Å². The van der Waals surface area contributed by atoms with E-state index in [-0.39, 0.29) is 18.0 Å². The number of nitrogens with zero attached hydrogens (tertiary/aromatic N) is 1. The fraction of sp³-hybridized carbons (Fsp3) is 0.643. The van der Waals surface area contributed by atoms with E-state index in [1.807, 2.05) is 0 Å². The highest BCUT2D eigenvalue weighted by atomic mass is 19.1. The number of halogens is 1. The van der Waals surface area contributed by atoms with E-state index >= 15 is 0 Å². The number of aromatic nitrogens is 1. The van der Waals surface area contributed by atoms with Crippen molar-refractivity contribution in [3.8, 4) is 0 Å². The van der Waals surface area contributed by atoms with E-state index in [1.165, 1.54) is 6.20 Å². The van der Waals surface area contributed by atoms with Crippen LogP contribution >= 0.6 is 0 Å². The lowest BCUT2D eigenvalue weighted by Crippen LogP contribution is -2.33. The first-order valence-corrected chi connectivity index (χ1v) is 6.68. The lowest BCUT2D eigenvalue weighted by atomic mass is 9.88. The molecule has 0 amide bonds. The van der Waals surface area contributed by atoms with Crippen LogP contribution in [-0.4, -0.2) is 24.2 Å². The molecule has 100 valence electrons. The minimum atomic E-state index is -0.231. The minimum Gasteiger partial charge on any atom is -0.378 e. The lowest BCUT2D eigenvalue weighted by Gasteiger charge is -2.27. The average Bonchev–Trinajstić information content (AvgIpc) is 2.78. The van der Waals surface area contributed by atoms with Crippen LogP contribution in [0.25, 0.3) is 0 Å². The second-order valence-electron chi connectivity index (χ2n) is 4.86. The second-order valence-corrected chi connectivity index (χ2v) is 4.86. The molecule has 3 nitrogen and oxygen atoms in total. The second kappa shape index (κ2) is 6.25. The highest BCUT2D eigenvalue weighted by Crippen LogP contribution is 2.34. The van der Waals surface area contributed by atoms with Crippen LogP contribution in [0.2, 0.25) is 0 Å². The maximum absolute atomic E-state index is 13.9. The number of hydrogen-bond acceptors (Lipinski definition) is 3. The predicted octanol–water partition coefficient (Wildman–Crippen LogP) is 2.69. The Morgan fingerprint density at radius 3 is 3.06 bits per heavy atom. The van der Waals surface area contributed by atoms with Crippen LogP contribution in [0.4, 0.5) is 4.39 Å². The number of pyridine rings is 1. The molecule has 0 spiro atoms. The number of hydrogen-bond donors (Lipinski definition) is 1. The SMILES string of the molecule is CCCNC(c1ccncc1F)C1CCOC1C. The van der Waals surface area contributed by atoms with Crippen molar-refractivity contribution in [2.24, 2.45) is 5.92 Å². The molecule has 0 radical (unpaired) electrons. The van der Waals surface area contributed by atoms with Gasteiger partial charge in [0.05, 0.1) is 12.3 Å². The molecule has 1 aliphatic heterocycles. The van der Waals surface area contributed by atoms with Crippen LogP contribution in [0.15, 0.2) is 18.5 Å². The van der Waals surface area contributed by atoms with Gasteiger partial charge in [-0.05, 0) is 32.4 Å². The summed E-state index contributed by atoms with van der Waals surface area (Å²) in [5.74, 6) is 0.0960. The normalized spacial score (nSPS) is 25.3. The lowest BCUT2D eigenvalue weighted by molar-refractivity contribution is 0.0949. The molecule has 4 heteroatoms. The topological polar surface area (TPSA) is 34.2 Å². The Morgan fingerprint density at radius 2 is 2.44 bits per heavy atom. The van der Waals surface area contributed by atoms with E-state index in [4.69, 9.17) is 4.74 Å². The first-order valence-electron chi connectivity index (χ1n) is 6.68. The Labute approximate surface area is 108 Å². The Kier molecular flexibility index (Phi) is 4.66. The highest BCUT2D eigenvalue weighted by molar-refractivity contribution is 5.19. The first kappa shape index (κ1) is 13.4. The summed E-state index contributed by atoms with van der Waals surface area (Å²) < 4.78 is 19.5. The third kappa shape index (κ3) is 2.87. The zero-order valence-corrected chi connectivity index (χ0v) is 11.0. The molecule has 18 heavy (non-hydrogen) atoms. The molecule has 0 saturated carbocycles. The Bertz CT molecular complexity index is 386. The average molecular weight is 252 g/mol. The van der Waals surface area contributed by atoms with Crippen LogP contribution < -0.4 is 5.32 Å². The summed E-state index contributed by atoms with van der Waals surface area (Å²) in [6.45, 7) is 5.83. The fourth-order valence-electron chi connectivity index (χ4n) is 2.62. The van der Waals surface area contributed by atoms with Gasteiger partial charge in [-0.2, -0.15) is 0 Å². The molecular formula is C14H21FN2O. The predicted molar refractivity (Wildman–Crippen MR) is 68.8 cm³/mol. The summed E-state index contributed by atoms with van der Waals surface area (Å²) in [7, 11) is 0. The van der Waals surface area contributed by atoms with Crippen LogP contribution in [-0.2, 0) is 4.74 Å². The summed E-state index contributed by atoms with van der Waals surface area (Å²) >= 11 is 0. The first-order chi connectivity index (χ1) is 8.74. The van der Waals surface area contributed by atoms with Crippen molar-refractivity contribution in [3.63, 3.8) is 0 Å². The fourth-order valence-corrected chi connectivity index (χ4v) is 2.62. The Balaban J connectivity index is 2.21. The van der Waals surface area contributed by atoms with Crippen molar-refractivity contribution in [3.05, 3.63) is 29.8 Å². The molecule has 1 saturated heterocycles. The van der Waals surface area contributed by atoms with Gasteiger partial charge in [-0.1, -0.05) is 6.92 Å². The maximum Gasteiger partial charge on any atom is 0.146 e. The van der Waals surface area contributed by atoms with Gasteiger partial charge in [0, 0.05) is 30.3 Å². The number of nitrogens with one attached hydrogen (secondary N) is 1. The molecule has 1 N–H and O–H groups in total. The molecule has 1 aliphatic rings. The number of rotatable bonds is 5. The van der Waals surface area contributed by atoms with Gasteiger partial charge in [0.1, 0.15) is 5.82 Å². The van der Waals surface area contributed by atoms with Gasteiger partial charge in [0.25, 0.3) is 0 Å². The molecule has 2 heterocycles. The summed E-state index contributed by atoms with van der Waals surface area (Å²) in [6, 6.07) is 1.79. The van der Waals surface area contributed by atoms with E-state index in [0.717, 1.165) is 26.0 Å². The molecule has 3 unspecified atom stereocenters. The molecule has 1 aromatic heterocycles. The monoisotopic (exact) mass is 252 g/mol. The summed E-state index contributed by atoms with van der Waals surface area (Å²) in [5.41, 5.74) is 0.709. The van der Waals surface area contributed by atoms with Crippen LogP contribution in [0, 0.1) is 11.7 Å². The standard InChI is InChI=1S/C14H21FN2O/c1-3-6-17-14(11-5-8-18-10(11)2)12-4-7-16-9-13(12)15/h4,7,9-11,14,17H,3,5-6,8H2,1-2H3. The van der Waals surface area contributed by atoms with Crippen molar-refractivity contribution in [1.29, 1.82) is 0 Å². The van der Waals surface area contributed by atoms with Gasteiger partial charge in [-0.25, -0.2) is 4.39 Å². The van der Waals surface area contributed by atoms with Crippen LogP contribution in [0.1, 0.15) is 38.3 Å². The molecule has 0 aromatic carbocycles. The zero-order chi connectivity index (χ0) is 13.0. The van der Waals surface area contributed by atoms with Crippen LogP contribution in [0.3, 0.4) is 0 Å². The Hall–Kier alpha value is -1.00. The minimum absolute atomic E-state index is 0.0189. The van der Waals surface area contributed by atoms with Crippen molar-refractivity contribution in [2.75, 3.05) is 13.2 Å². The van der Waals surface area contributed by atoms with Gasteiger partial charge < -0.3 is 10.1 Å². The van der Waals surface area contributed by atoms with E-state index < -0.39 is 0 Å². The summed E-state index contributed by atoms with van der Waals surface area (Å²) in [6.07, 6.45) is 5.12. The molecule has 1 fully saturated rings. The van der Waals surface area contributed by atoms with Crippen molar-refractivity contribution < 1.29 is 9.13 Å². The van der Waals surface area contributed by atoms with E-state index in [9.17, 15) is 4.39 Å². The van der Waals surface area contributed by atoms with E-state index in [0.29, 0.717) is 11.5 Å². The van der Waals surface area contributed by atoms with E-state index in [1.54, 1.807) is 12.3 Å². The highest BCUT2D eigenvalue weighted by Gasteiger charge is 2.33. The van der Waals surface area contributed by atoms with Crippen molar-refractivity contribution in [1.82, 2.24) is 10.3 Å². The zero-order valence-electron chi connectivity index (χ0n) is 11.0. The maximum atomic E-state index is 13.9. The third-order valence-electron chi connectivity index (χ3n) is 3.62. The number of ether oxygens (including phenoxy) is 1. The molecular weight excluding hydrogens is 231 g/mol. The summed E-state index contributed by atoms with van der Waals surface area (Å²) in [5, 5.41) is 3.45. The largest absolute Gasteiger partial charge is 0.378 e. The molecule has 0 aliphatic carbocycles. The molecule has 0 bridgehead atoms. The molecule has 2 rings (SSSR count). The van der Waals surface area contributed by atoms with Gasteiger partial charge in [0.15, 0.2) is 0 Å². The van der Waals surface area contributed by atoms with Gasteiger partial charge in [-0.15, -0.1) is 0 Å². The molecule has 3 atom stereocenters. The van der Waals surface area contributed by atoms with Crippen molar-refractivity contribution >= 4 is 0 Å². The third-order valence-corrected chi connectivity index (χ3v) is 3.62. The van der Waals surface area contributed by atoms with Gasteiger partial charge in [-0.3, -0.25) is 4.98 Å². The van der Waals surface area contributed by atoms with Crippen LogP contribution in [0.5, 0.6) is 0 Å². The van der Waals surface area contributed by atoms with E-state index in [2.05, 4.69) is 24.1 Å². The molecule has 1 aromatic rings. The smallest absolute Gasteiger partial charge is 0.146 e. The van der Waals surface area contributed by atoms with Gasteiger partial charge >= 0.3 is 0 Å². The Morgan fingerprint density at radius 1 is 1.61 bits per heavy atom.